The van der Waals surface area contributed by atoms with Crippen molar-refractivity contribution in [1.82, 2.24) is 10.2 Å². The summed E-state index contributed by atoms with van der Waals surface area (Å²) in [6.45, 7) is 8.19. The Kier molecular flexibility index (Phi) is 11.3. The highest BCUT2D eigenvalue weighted by Crippen LogP contribution is 2.14. The van der Waals surface area contributed by atoms with Gasteiger partial charge in [-0.15, -0.1) is 24.0 Å². The molecule has 1 aromatic rings. The summed E-state index contributed by atoms with van der Waals surface area (Å²) in [5.41, 5.74) is 1.95. The maximum absolute atomic E-state index is 11.6. The second-order valence-corrected chi connectivity index (χ2v) is 6.78. The minimum atomic E-state index is 0. The Morgan fingerprint density at radius 1 is 1.30 bits per heavy atom. The van der Waals surface area contributed by atoms with Gasteiger partial charge in [-0.1, -0.05) is 19.1 Å². The zero-order valence-electron chi connectivity index (χ0n) is 16.7. The second kappa shape index (κ2) is 12.9. The van der Waals surface area contributed by atoms with Crippen LogP contribution in [0.3, 0.4) is 0 Å². The molecule has 1 aliphatic heterocycles. The third-order valence-corrected chi connectivity index (χ3v) is 4.38. The lowest BCUT2D eigenvalue weighted by atomic mass is 10.1. The summed E-state index contributed by atoms with van der Waals surface area (Å²) in [7, 11) is 2.08. The molecule has 1 aliphatic rings. The van der Waals surface area contributed by atoms with Crippen molar-refractivity contribution in [2.24, 2.45) is 10.9 Å². The average Bonchev–Trinajstić information content (AvgIpc) is 3.13. The fraction of sp³-hybridized carbons (Fsp3) is 0.600. The number of rotatable bonds is 8. The van der Waals surface area contributed by atoms with Gasteiger partial charge in [-0.25, -0.2) is 4.99 Å². The number of anilines is 1. The Morgan fingerprint density at radius 2 is 2.04 bits per heavy atom. The number of benzene rings is 1. The summed E-state index contributed by atoms with van der Waals surface area (Å²) in [6, 6.07) is 7.90. The van der Waals surface area contributed by atoms with E-state index in [4.69, 9.17) is 9.73 Å². The van der Waals surface area contributed by atoms with Gasteiger partial charge in [-0.05, 0) is 37.5 Å². The van der Waals surface area contributed by atoms with Crippen molar-refractivity contribution in [2.75, 3.05) is 38.7 Å². The monoisotopic (exact) mass is 488 g/mol. The first-order valence-corrected chi connectivity index (χ1v) is 9.58. The van der Waals surface area contributed by atoms with Crippen molar-refractivity contribution in [3.63, 3.8) is 0 Å². The van der Waals surface area contributed by atoms with E-state index >= 15 is 0 Å². The molecule has 1 heterocycles. The molecule has 1 amide bonds. The van der Waals surface area contributed by atoms with E-state index in [1.807, 2.05) is 31.2 Å². The van der Waals surface area contributed by atoms with Crippen LogP contribution in [-0.4, -0.2) is 50.1 Å². The largest absolute Gasteiger partial charge is 0.381 e. The lowest BCUT2D eigenvalue weighted by Gasteiger charge is -2.24. The van der Waals surface area contributed by atoms with Gasteiger partial charge in [0, 0.05) is 44.8 Å². The second-order valence-electron chi connectivity index (χ2n) is 6.78. The van der Waals surface area contributed by atoms with E-state index in [9.17, 15) is 4.79 Å². The topological polar surface area (TPSA) is 66.0 Å². The van der Waals surface area contributed by atoms with Gasteiger partial charge >= 0.3 is 0 Å². The van der Waals surface area contributed by atoms with E-state index in [1.54, 1.807) is 0 Å². The van der Waals surface area contributed by atoms with Crippen LogP contribution in [0.5, 0.6) is 0 Å². The summed E-state index contributed by atoms with van der Waals surface area (Å²) < 4.78 is 5.46. The van der Waals surface area contributed by atoms with Crippen molar-refractivity contribution in [3.8, 4) is 0 Å². The number of nitrogens with one attached hydrogen (secondary N) is 2. The molecule has 1 aromatic carbocycles. The van der Waals surface area contributed by atoms with E-state index in [0.29, 0.717) is 18.9 Å². The predicted molar refractivity (Wildman–Crippen MR) is 122 cm³/mol. The van der Waals surface area contributed by atoms with Crippen LogP contribution in [0.4, 0.5) is 5.69 Å². The number of nitrogens with zero attached hydrogens (tertiary/aromatic N) is 2. The molecule has 0 aromatic heterocycles. The van der Waals surface area contributed by atoms with Gasteiger partial charge in [0.05, 0.1) is 13.2 Å². The standard InChI is InChI=1S/C20H32N4O2.HI/c1-4-6-19(25)23-18-9-7-16(8-10-18)13-22-20(21-5-2)24(3)14-17-11-12-26-15-17;/h7-10,17H,4-6,11-15H2,1-3H3,(H,21,22)(H,23,25);1H. The van der Waals surface area contributed by atoms with E-state index < -0.39 is 0 Å². The summed E-state index contributed by atoms with van der Waals surface area (Å²) in [5.74, 6) is 1.56. The Balaban J connectivity index is 0.00000364. The third-order valence-electron chi connectivity index (χ3n) is 4.38. The number of carbonyl (C=O) groups is 1. The molecular formula is C20H33IN4O2. The number of aliphatic imine (C=N–C) groups is 1. The van der Waals surface area contributed by atoms with E-state index in [0.717, 1.165) is 56.4 Å². The quantitative estimate of drug-likeness (QED) is 0.334. The highest BCUT2D eigenvalue weighted by molar-refractivity contribution is 14.0. The minimum Gasteiger partial charge on any atom is -0.381 e. The number of carbonyl (C=O) groups excluding carboxylic acids is 1. The summed E-state index contributed by atoms with van der Waals surface area (Å²) in [6.07, 6.45) is 2.53. The molecule has 27 heavy (non-hydrogen) atoms. The van der Waals surface area contributed by atoms with Gasteiger partial charge < -0.3 is 20.3 Å². The van der Waals surface area contributed by atoms with E-state index in [-0.39, 0.29) is 29.9 Å². The van der Waals surface area contributed by atoms with Crippen molar-refractivity contribution in [3.05, 3.63) is 29.8 Å². The van der Waals surface area contributed by atoms with E-state index in [1.165, 1.54) is 0 Å². The predicted octanol–water partition coefficient (Wildman–Crippen LogP) is 3.48. The van der Waals surface area contributed by atoms with Gasteiger partial charge in [0.15, 0.2) is 5.96 Å². The van der Waals surface area contributed by atoms with E-state index in [2.05, 4.69) is 29.5 Å². The van der Waals surface area contributed by atoms with Crippen LogP contribution in [0, 0.1) is 5.92 Å². The lowest BCUT2D eigenvalue weighted by Crippen LogP contribution is -2.41. The Labute approximate surface area is 180 Å². The first kappa shape index (κ1) is 23.7. The maximum Gasteiger partial charge on any atom is 0.224 e. The summed E-state index contributed by atoms with van der Waals surface area (Å²) in [4.78, 5) is 18.6. The lowest BCUT2D eigenvalue weighted by molar-refractivity contribution is -0.116. The molecule has 7 heteroatoms. The van der Waals surface area contributed by atoms with Crippen LogP contribution >= 0.6 is 24.0 Å². The molecule has 6 nitrogen and oxygen atoms in total. The zero-order valence-corrected chi connectivity index (χ0v) is 19.0. The van der Waals surface area contributed by atoms with Crippen molar-refractivity contribution >= 4 is 41.5 Å². The molecule has 0 spiro atoms. The molecule has 2 rings (SSSR count). The van der Waals surface area contributed by atoms with Crippen LogP contribution in [0.2, 0.25) is 0 Å². The molecular weight excluding hydrogens is 455 g/mol. The fourth-order valence-corrected chi connectivity index (χ4v) is 2.98. The number of hydrogen-bond acceptors (Lipinski definition) is 3. The molecule has 152 valence electrons. The smallest absolute Gasteiger partial charge is 0.224 e. The Bertz CT molecular complexity index is 586. The first-order valence-electron chi connectivity index (χ1n) is 9.58. The molecule has 1 atom stereocenters. The number of amides is 1. The van der Waals surface area contributed by atoms with Crippen LogP contribution in [0.1, 0.15) is 38.7 Å². The van der Waals surface area contributed by atoms with Gasteiger partial charge in [0.25, 0.3) is 0 Å². The van der Waals surface area contributed by atoms with Crippen LogP contribution in [-0.2, 0) is 16.1 Å². The van der Waals surface area contributed by atoms with Crippen molar-refractivity contribution in [2.45, 2.75) is 39.7 Å². The molecule has 0 aliphatic carbocycles. The molecule has 1 fully saturated rings. The van der Waals surface area contributed by atoms with Gasteiger partial charge in [-0.3, -0.25) is 4.79 Å². The minimum absolute atomic E-state index is 0. The van der Waals surface area contributed by atoms with Crippen molar-refractivity contribution < 1.29 is 9.53 Å². The van der Waals surface area contributed by atoms with Crippen LogP contribution < -0.4 is 10.6 Å². The fourth-order valence-electron chi connectivity index (χ4n) is 2.98. The highest BCUT2D eigenvalue weighted by atomic mass is 127. The molecule has 2 N–H and O–H groups in total. The Morgan fingerprint density at radius 3 is 2.63 bits per heavy atom. The highest BCUT2D eigenvalue weighted by Gasteiger charge is 2.19. The molecule has 0 saturated carbocycles. The average molecular weight is 488 g/mol. The molecule has 0 radical (unpaired) electrons. The van der Waals surface area contributed by atoms with Gasteiger partial charge in [0.2, 0.25) is 5.91 Å². The van der Waals surface area contributed by atoms with Crippen LogP contribution in [0.25, 0.3) is 0 Å². The first-order chi connectivity index (χ1) is 12.6. The zero-order chi connectivity index (χ0) is 18.8. The molecule has 0 bridgehead atoms. The normalized spacial score (nSPS) is 16.6. The Hall–Kier alpha value is -1.35. The summed E-state index contributed by atoms with van der Waals surface area (Å²) >= 11 is 0. The maximum atomic E-state index is 11.6. The number of halogens is 1. The van der Waals surface area contributed by atoms with Gasteiger partial charge in [0.1, 0.15) is 0 Å². The van der Waals surface area contributed by atoms with Crippen molar-refractivity contribution in [1.29, 1.82) is 0 Å². The van der Waals surface area contributed by atoms with Gasteiger partial charge in [-0.2, -0.15) is 0 Å². The number of hydrogen-bond donors (Lipinski definition) is 2. The third kappa shape index (κ3) is 8.47. The SMILES string of the molecule is CCCC(=O)Nc1ccc(CN=C(NCC)N(C)CC2CCOC2)cc1.I. The molecule has 1 unspecified atom stereocenters. The summed E-state index contributed by atoms with van der Waals surface area (Å²) in [5, 5.41) is 6.26. The molecule has 1 saturated heterocycles. The number of guanidine groups is 1. The van der Waals surface area contributed by atoms with Crippen LogP contribution in [0.15, 0.2) is 29.3 Å². The number of ether oxygens (including phenoxy) is 1.